The molecule has 0 radical (unpaired) electrons. The van der Waals surface area contributed by atoms with Gasteiger partial charge in [-0.15, -0.1) is 11.8 Å². The van der Waals surface area contributed by atoms with Crippen LogP contribution in [0.15, 0.2) is 83.8 Å². The molecule has 4 nitrogen and oxygen atoms in total. The quantitative estimate of drug-likeness (QED) is 0.435. The lowest BCUT2D eigenvalue weighted by molar-refractivity contribution is -0.116. The van der Waals surface area contributed by atoms with Gasteiger partial charge in [-0.05, 0) is 60.5 Å². The fourth-order valence-electron chi connectivity index (χ4n) is 2.85. The van der Waals surface area contributed by atoms with Crippen LogP contribution >= 0.6 is 11.8 Å². The van der Waals surface area contributed by atoms with Gasteiger partial charge >= 0.3 is 0 Å². The third-order valence-electron chi connectivity index (χ3n) is 4.32. The maximum absolute atomic E-state index is 13.1. The van der Waals surface area contributed by atoms with Crippen molar-refractivity contribution in [1.29, 1.82) is 0 Å². The van der Waals surface area contributed by atoms with E-state index in [-0.39, 0.29) is 17.6 Å². The predicted molar refractivity (Wildman–Crippen MR) is 120 cm³/mol. The highest BCUT2D eigenvalue weighted by Gasteiger charge is 2.22. The van der Waals surface area contributed by atoms with Crippen LogP contribution in [0.4, 0.5) is 15.8 Å². The maximum atomic E-state index is 13.1. The first-order chi connectivity index (χ1) is 14.5. The Labute approximate surface area is 179 Å². The van der Waals surface area contributed by atoms with Gasteiger partial charge in [0.1, 0.15) is 11.1 Å². The first kappa shape index (κ1) is 21.6. The molecule has 0 spiro atoms. The van der Waals surface area contributed by atoms with E-state index in [0.29, 0.717) is 12.1 Å². The number of amides is 2. The molecule has 0 bridgehead atoms. The second-order valence-corrected chi connectivity index (χ2v) is 7.91. The Bertz CT molecular complexity index is 976. The molecule has 0 aromatic heterocycles. The molecule has 3 aromatic rings. The topological polar surface area (TPSA) is 58.2 Å². The first-order valence-electron chi connectivity index (χ1n) is 9.73. The van der Waals surface area contributed by atoms with Crippen LogP contribution in [0.5, 0.6) is 0 Å². The van der Waals surface area contributed by atoms with Crippen molar-refractivity contribution < 1.29 is 14.0 Å². The fourth-order valence-corrected chi connectivity index (χ4v) is 3.87. The molecule has 0 heterocycles. The molecular formula is C24H23FN2O2S. The summed E-state index contributed by atoms with van der Waals surface area (Å²) in [6.45, 7) is 1.96. The molecule has 0 aliphatic carbocycles. The van der Waals surface area contributed by atoms with Crippen LogP contribution in [-0.4, -0.2) is 11.8 Å². The minimum Gasteiger partial charge on any atom is -0.326 e. The van der Waals surface area contributed by atoms with Gasteiger partial charge in [-0.1, -0.05) is 37.3 Å². The summed E-state index contributed by atoms with van der Waals surface area (Å²) in [5, 5.41) is 5.22. The van der Waals surface area contributed by atoms with Crippen molar-refractivity contribution >= 4 is 35.0 Å². The normalized spacial score (nSPS) is 11.5. The monoisotopic (exact) mass is 422 g/mol. The molecule has 2 amide bonds. The Morgan fingerprint density at radius 1 is 0.867 bits per heavy atom. The molecule has 0 fully saturated rings. The van der Waals surface area contributed by atoms with Crippen LogP contribution in [-0.2, 0) is 9.59 Å². The average Bonchev–Trinajstić information content (AvgIpc) is 2.75. The van der Waals surface area contributed by atoms with E-state index in [9.17, 15) is 14.0 Å². The summed E-state index contributed by atoms with van der Waals surface area (Å²) in [4.78, 5) is 25.7. The van der Waals surface area contributed by atoms with E-state index in [1.165, 1.54) is 36.0 Å². The molecular weight excluding hydrogens is 399 g/mol. The molecule has 6 heteroatoms. The van der Waals surface area contributed by atoms with E-state index in [2.05, 4.69) is 10.6 Å². The molecule has 1 unspecified atom stereocenters. The lowest BCUT2D eigenvalue weighted by atomic mass is 10.1. The molecule has 0 aliphatic heterocycles. The van der Waals surface area contributed by atoms with E-state index < -0.39 is 5.25 Å². The van der Waals surface area contributed by atoms with Crippen molar-refractivity contribution in [1.82, 2.24) is 0 Å². The molecule has 0 saturated carbocycles. The second kappa shape index (κ2) is 10.6. The summed E-state index contributed by atoms with van der Waals surface area (Å²) in [6.07, 6.45) is 1.28. The number of rotatable bonds is 8. The van der Waals surface area contributed by atoms with Crippen molar-refractivity contribution in [3.05, 3.63) is 90.2 Å². The summed E-state index contributed by atoms with van der Waals surface area (Å²) in [5.74, 6) is -0.565. The summed E-state index contributed by atoms with van der Waals surface area (Å²) in [5.41, 5.74) is 2.13. The Morgan fingerprint density at radius 3 is 2.10 bits per heavy atom. The summed E-state index contributed by atoms with van der Waals surface area (Å²) in [6, 6.07) is 22.6. The van der Waals surface area contributed by atoms with Crippen LogP contribution in [0, 0.1) is 5.82 Å². The van der Waals surface area contributed by atoms with Crippen LogP contribution in [0.1, 0.15) is 30.6 Å². The minimum atomic E-state index is -0.489. The zero-order valence-electron chi connectivity index (χ0n) is 16.6. The van der Waals surface area contributed by atoms with Crippen LogP contribution in [0.3, 0.4) is 0 Å². The number of carbonyl (C=O) groups excluding carboxylic acids is 2. The molecule has 1 atom stereocenters. The summed E-state index contributed by atoms with van der Waals surface area (Å²) >= 11 is 1.41. The van der Waals surface area contributed by atoms with E-state index in [1.54, 1.807) is 0 Å². The predicted octanol–water partition coefficient (Wildman–Crippen LogP) is 6.04. The zero-order chi connectivity index (χ0) is 21.3. The molecule has 2 N–H and O–H groups in total. The van der Waals surface area contributed by atoms with Gasteiger partial charge in [0.15, 0.2) is 0 Å². The van der Waals surface area contributed by atoms with Gasteiger partial charge in [-0.2, -0.15) is 0 Å². The lowest BCUT2D eigenvalue weighted by Crippen LogP contribution is -2.19. The lowest BCUT2D eigenvalue weighted by Gasteiger charge is -2.17. The van der Waals surface area contributed by atoms with Crippen molar-refractivity contribution in [2.75, 3.05) is 10.6 Å². The highest BCUT2D eigenvalue weighted by Crippen LogP contribution is 2.36. The van der Waals surface area contributed by atoms with E-state index >= 15 is 0 Å². The van der Waals surface area contributed by atoms with Crippen LogP contribution in [0.25, 0.3) is 0 Å². The van der Waals surface area contributed by atoms with E-state index in [4.69, 9.17) is 0 Å². The van der Waals surface area contributed by atoms with Crippen molar-refractivity contribution in [2.45, 2.75) is 29.9 Å². The summed E-state index contributed by atoms with van der Waals surface area (Å²) < 4.78 is 13.1. The van der Waals surface area contributed by atoms with E-state index in [0.717, 1.165) is 22.6 Å². The zero-order valence-corrected chi connectivity index (χ0v) is 17.4. The Balaban J connectivity index is 1.75. The highest BCUT2D eigenvalue weighted by molar-refractivity contribution is 8.00. The van der Waals surface area contributed by atoms with Gasteiger partial charge in [0, 0.05) is 22.7 Å². The number of anilines is 2. The van der Waals surface area contributed by atoms with Crippen LogP contribution < -0.4 is 10.6 Å². The molecule has 30 heavy (non-hydrogen) atoms. The fraction of sp³-hybridized carbons (Fsp3) is 0.167. The number of halogens is 1. The number of thioether (sulfide) groups is 1. The molecule has 154 valence electrons. The van der Waals surface area contributed by atoms with Crippen molar-refractivity contribution in [3.8, 4) is 0 Å². The van der Waals surface area contributed by atoms with Gasteiger partial charge in [-0.3, -0.25) is 9.59 Å². The second-order valence-electron chi connectivity index (χ2n) is 6.73. The van der Waals surface area contributed by atoms with Gasteiger partial charge in [0.2, 0.25) is 11.8 Å². The van der Waals surface area contributed by atoms with Gasteiger partial charge in [-0.25, -0.2) is 4.39 Å². The number of carbonyl (C=O) groups is 2. The Kier molecular flexibility index (Phi) is 7.63. The first-order valence-corrected chi connectivity index (χ1v) is 10.6. The smallest absolute Gasteiger partial charge is 0.242 e. The van der Waals surface area contributed by atoms with Gasteiger partial charge < -0.3 is 10.6 Å². The maximum Gasteiger partial charge on any atom is 0.242 e. The van der Waals surface area contributed by atoms with Crippen LogP contribution in [0.2, 0.25) is 0 Å². The van der Waals surface area contributed by atoms with Gasteiger partial charge in [0.25, 0.3) is 0 Å². The third-order valence-corrected chi connectivity index (χ3v) is 5.59. The largest absolute Gasteiger partial charge is 0.326 e. The SMILES string of the molecule is CCCC(=O)Nc1ccc(SC(C(=O)Nc2ccc(F)cc2)c2ccccc2)cc1. The van der Waals surface area contributed by atoms with Gasteiger partial charge in [0.05, 0.1) is 0 Å². The summed E-state index contributed by atoms with van der Waals surface area (Å²) in [7, 11) is 0. The number of hydrogen-bond donors (Lipinski definition) is 2. The molecule has 0 saturated heterocycles. The molecule has 3 aromatic carbocycles. The number of nitrogens with one attached hydrogen (secondary N) is 2. The van der Waals surface area contributed by atoms with Crippen molar-refractivity contribution in [2.24, 2.45) is 0 Å². The minimum absolute atomic E-state index is 0.0151. The standard InChI is InChI=1S/C24H23FN2O2S/c1-2-6-22(28)26-19-13-15-21(16-14-19)30-23(17-7-4-3-5-8-17)24(29)27-20-11-9-18(25)10-12-20/h3-5,7-16,23H,2,6H2,1H3,(H,26,28)(H,27,29). The molecule has 3 rings (SSSR count). The number of hydrogen-bond acceptors (Lipinski definition) is 3. The highest BCUT2D eigenvalue weighted by atomic mass is 32.2. The Hall–Kier alpha value is -3.12. The average molecular weight is 423 g/mol. The third kappa shape index (κ3) is 6.19. The van der Waals surface area contributed by atoms with Crippen molar-refractivity contribution in [3.63, 3.8) is 0 Å². The Morgan fingerprint density at radius 2 is 1.47 bits per heavy atom. The van der Waals surface area contributed by atoms with E-state index in [1.807, 2.05) is 61.5 Å². The number of benzene rings is 3. The molecule has 0 aliphatic rings.